The van der Waals surface area contributed by atoms with E-state index in [1.807, 2.05) is 10.7 Å². The van der Waals surface area contributed by atoms with Gasteiger partial charge >= 0.3 is 0 Å². The maximum atomic E-state index is 13.9. The fourth-order valence-corrected chi connectivity index (χ4v) is 6.04. The summed E-state index contributed by atoms with van der Waals surface area (Å²) in [6.07, 6.45) is 6.56. The average molecular weight is 469 g/mol. The van der Waals surface area contributed by atoms with Crippen LogP contribution in [0.15, 0.2) is 66.4 Å². The molecule has 1 aliphatic carbocycles. The SMILES string of the molecule is CCC(CC)(NC(=O)c1cnn2c1NC(c1ccccc1)CC2(C)C)C1=Cc2ccccc2C1C. The van der Waals surface area contributed by atoms with E-state index in [4.69, 9.17) is 0 Å². The van der Waals surface area contributed by atoms with E-state index in [1.165, 1.54) is 22.3 Å². The van der Waals surface area contributed by atoms with Gasteiger partial charge in [0, 0.05) is 5.92 Å². The second-order valence-corrected chi connectivity index (χ2v) is 10.6. The lowest BCUT2D eigenvalue weighted by Gasteiger charge is -2.39. The Morgan fingerprint density at radius 1 is 1.11 bits per heavy atom. The molecule has 35 heavy (non-hydrogen) atoms. The summed E-state index contributed by atoms with van der Waals surface area (Å²) in [5, 5.41) is 11.8. The van der Waals surface area contributed by atoms with Crippen LogP contribution in [-0.4, -0.2) is 21.2 Å². The highest BCUT2D eigenvalue weighted by Gasteiger charge is 2.41. The number of nitrogens with one attached hydrogen (secondary N) is 2. The maximum absolute atomic E-state index is 13.9. The fourth-order valence-electron chi connectivity index (χ4n) is 6.04. The second kappa shape index (κ2) is 8.71. The number of anilines is 1. The summed E-state index contributed by atoms with van der Waals surface area (Å²) in [7, 11) is 0. The van der Waals surface area contributed by atoms with Crippen LogP contribution in [0.2, 0.25) is 0 Å². The largest absolute Gasteiger partial charge is 0.363 e. The molecule has 2 aromatic carbocycles. The first kappa shape index (κ1) is 23.4. The molecule has 3 aromatic rings. The number of amides is 1. The third kappa shape index (κ3) is 3.87. The van der Waals surface area contributed by atoms with Gasteiger partial charge in [-0.3, -0.25) is 4.79 Å². The molecule has 5 heteroatoms. The number of aromatic nitrogens is 2. The lowest BCUT2D eigenvalue weighted by Crippen LogP contribution is -2.50. The zero-order valence-electron chi connectivity index (χ0n) is 21.4. The number of hydrogen-bond donors (Lipinski definition) is 2. The van der Waals surface area contributed by atoms with Crippen LogP contribution in [0.4, 0.5) is 5.82 Å². The minimum absolute atomic E-state index is 0.0731. The van der Waals surface area contributed by atoms with Crippen molar-refractivity contribution in [2.24, 2.45) is 0 Å². The Balaban J connectivity index is 1.47. The Morgan fingerprint density at radius 2 is 1.80 bits per heavy atom. The Hall–Kier alpha value is -3.34. The van der Waals surface area contributed by atoms with Gasteiger partial charge in [0.2, 0.25) is 0 Å². The van der Waals surface area contributed by atoms with Crippen LogP contribution in [0.25, 0.3) is 6.08 Å². The van der Waals surface area contributed by atoms with E-state index < -0.39 is 5.54 Å². The zero-order chi connectivity index (χ0) is 24.8. The van der Waals surface area contributed by atoms with Gasteiger partial charge in [-0.05, 0) is 55.4 Å². The van der Waals surface area contributed by atoms with Crippen molar-refractivity contribution >= 4 is 17.8 Å². The molecular formula is C30H36N4O. The standard InChI is InChI=1S/C30H36N4O/c1-6-30(7-2,25-17-22-15-11-12-16-23(22)20(25)3)33-28(35)24-19-31-34-27(24)32-26(18-29(34,4)5)21-13-9-8-10-14-21/h8-17,19-20,26,32H,6-7,18H2,1-5H3,(H,33,35). The number of carbonyl (C=O) groups is 1. The molecule has 2 heterocycles. The maximum Gasteiger partial charge on any atom is 0.257 e. The molecule has 5 rings (SSSR count). The Labute approximate surface area is 208 Å². The van der Waals surface area contributed by atoms with Crippen LogP contribution >= 0.6 is 0 Å². The van der Waals surface area contributed by atoms with E-state index in [2.05, 4.69) is 105 Å². The molecule has 0 saturated carbocycles. The smallest absolute Gasteiger partial charge is 0.257 e. The first-order valence-electron chi connectivity index (χ1n) is 12.8. The van der Waals surface area contributed by atoms with Crippen LogP contribution in [0, 0.1) is 0 Å². The highest BCUT2D eigenvalue weighted by molar-refractivity contribution is 5.99. The van der Waals surface area contributed by atoms with Crippen molar-refractivity contribution in [3.05, 3.63) is 88.6 Å². The molecule has 1 amide bonds. The van der Waals surface area contributed by atoms with Crippen molar-refractivity contribution in [3.8, 4) is 0 Å². The van der Waals surface area contributed by atoms with E-state index in [0.717, 1.165) is 25.1 Å². The van der Waals surface area contributed by atoms with Crippen LogP contribution in [-0.2, 0) is 5.54 Å². The predicted molar refractivity (Wildman–Crippen MR) is 143 cm³/mol. The van der Waals surface area contributed by atoms with Gasteiger partial charge in [-0.15, -0.1) is 0 Å². The number of fused-ring (bicyclic) bond motifs is 2. The van der Waals surface area contributed by atoms with Gasteiger partial charge in [-0.2, -0.15) is 5.10 Å². The van der Waals surface area contributed by atoms with E-state index in [0.29, 0.717) is 5.56 Å². The number of nitrogens with zero attached hydrogens (tertiary/aromatic N) is 2. The number of hydrogen-bond acceptors (Lipinski definition) is 3. The van der Waals surface area contributed by atoms with Gasteiger partial charge in [0.1, 0.15) is 11.4 Å². The minimum Gasteiger partial charge on any atom is -0.363 e. The van der Waals surface area contributed by atoms with Crippen LogP contribution < -0.4 is 10.6 Å². The molecule has 2 aliphatic rings. The van der Waals surface area contributed by atoms with E-state index >= 15 is 0 Å². The Kier molecular flexibility index (Phi) is 5.82. The second-order valence-electron chi connectivity index (χ2n) is 10.6. The molecule has 1 aromatic heterocycles. The van der Waals surface area contributed by atoms with Crippen molar-refractivity contribution in [3.63, 3.8) is 0 Å². The fraction of sp³-hybridized carbons (Fsp3) is 0.400. The van der Waals surface area contributed by atoms with Crippen molar-refractivity contribution in [1.29, 1.82) is 0 Å². The lowest BCUT2D eigenvalue weighted by atomic mass is 9.78. The van der Waals surface area contributed by atoms with Crippen molar-refractivity contribution < 1.29 is 4.79 Å². The lowest BCUT2D eigenvalue weighted by molar-refractivity contribution is 0.0907. The number of rotatable bonds is 6. The highest BCUT2D eigenvalue weighted by Crippen LogP contribution is 2.44. The highest BCUT2D eigenvalue weighted by atomic mass is 16.1. The normalized spacial score (nSPS) is 20.4. The van der Waals surface area contributed by atoms with Crippen molar-refractivity contribution in [2.75, 3.05) is 5.32 Å². The summed E-state index contributed by atoms with van der Waals surface area (Å²) in [5.74, 6) is 0.994. The van der Waals surface area contributed by atoms with Gasteiger partial charge in [0.05, 0.1) is 23.3 Å². The summed E-state index contributed by atoms with van der Waals surface area (Å²) in [4.78, 5) is 13.9. The molecule has 5 nitrogen and oxygen atoms in total. The zero-order valence-corrected chi connectivity index (χ0v) is 21.4. The third-order valence-electron chi connectivity index (χ3n) is 8.16. The summed E-state index contributed by atoms with van der Waals surface area (Å²) < 4.78 is 1.98. The predicted octanol–water partition coefficient (Wildman–Crippen LogP) is 6.66. The molecule has 2 N–H and O–H groups in total. The topological polar surface area (TPSA) is 59.0 Å². The van der Waals surface area contributed by atoms with Gasteiger partial charge in [0.15, 0.2) is 0 Å². The third-order valence-corrected chi connectivity index (χ3v) is 8.16. The van der Waals surface area contributed by atoms with Crippen LogP contribution in [0.5, 0.6) is 0 Å². The first-order chi connectivity index (χ1) is 16.8. The monoisotopic (exact) mass is 468 g/mol. The molecule has 1 aliphatic heterocycles. The summed E-state index contributed by atoms with van der Waals surface area (Å²) in [6.45, 7) is 11.0. The van der Waals surface area contributed by atoms with Gasteiger partial charge < -0.3 is 10.6 Å². The van der Waals surface area contributed by atoms with E-state index in [1.54, 1.807) is 6.20 Å². The van der Waals surface area contributed by atoms with Gasteiger partial charge in [0.25, 0.3) is 5.91 Å². The summed E-state index contributed by atoms with van der Waals surface area (Å²) in [6, 6.07) is 19.1. The quantitative estimate of drug-likeness (QED) is 0.425. The number of benzene rings is 2. The first-order valence-corrected chi connectivity index (χ1v) is 12.8. The molecule has 0 fully saturated rings. The molecule has 0 saturated heterocycles. The molecule has 0 spiro atoms. The van der Waals surface area contributed by atoms with Crippen molar-refractivity contribution in [2.45, 2.75) is 76.9 Å². The number of carbonyl (C=O) groups excluding carboxylic acids is 1. The Morgan fingerprint density at radius 3 is 2.49 bits per heavy atom. The van der Waals surface area contributed by atoms with Gasteiger partial charge in [-0.25, -0.2) is 4.68 Å². The van der Waals surface area contributed by atoms with E-state index in [9.17, 15) is 4.79 Å². The Bertz CT molecular complexity index is 1270. The molecule has 2 unspecified atom stereocenters. The van der Waals surface area contributed by atoms with Crippen LogP contribution in [0.3, 0.4) is 0 Å². The summed E-state index contributed by atoms with van der Waals surface area (Å²) >= 11 is 0. The van der Waals surface area contributed by atoms with Crippen LogP contribution in [0.1, 0.15) is 92.9 Å². The molecule has 0 radical (unpaired) electrons. The average Bonchev–Trinajstić information content (AvgIpc) is 3.45. The molecule has 2 atom stereocenters. The summed E-state index contributed by atoms with van der Waals surface area (Å²) in [5.41, 5.74) is 5.08. The van der Waals surface area contributed by atoms with Crippen molar-refractivity contribution in [1.82, 2.24) is 15.1 Å². The van der Waals surface area contributed by atoms with Gasteiger partial charge in [-0.1, -0.05) is 81.4 Å². The molecule has 0 bridgehead atoms. The van der Waals surface area contributed by atoms with E-state index in [-0.39, 0.29) is 23.4 Å². The molecule has 182 valence electrons. The minimum atomic E-state index is -0.409. The molecular weight excluding hydrogens is 432 g/mol.